The zero-order chi connectivity index (χ0) is 18.9. The molecule has 0 aromatic heterocycles. The van der Waals surface area contributed by atoms with Crippen molar-refractivity contribution in [3.05, 3.63) is 29.8 Å². The number of likely N-dealkylation sites (N-methyl/N-ethyl adjacent to an activating group) is 1. The van der Waals surface area contributed by atoms with Crippen molar-refractivity contribution in [1.29, 1.82) is 0 Å². The van der Waals surface area contributed by atoms with Gasteiger partial charge >= 0.3 is 5.97 Å². The monoisotopic (exact) mass is 363 g/mol. The summed E-state index contributed by atoms with van der Waals surface area (Å²) in [7, 11) is 3.48. The number of nitrogens with zero attached hydrogens (tertiary/aromatic N) is 2. The zero-order valence-corrected chi connectivity index (χ0v) is 15.6. The number of carboxylic acids is 1. The van der Waals surface area contributed by atoms with Crippen molar-refractivity contribution >= 4 is 11.9 Å². The lowest BCUT2D eigenvalue weighted by Crippen LogP contribution is -2.39. The van der Waals surface area contributed by atoms with E-state index in [1.807, 2.05) is 36.2 Å². The van der Waals surface area contributed by atoms with Gasteiger partial charge in [-0.1, -0.05) is 12.1 Å². The van der Waals surface area contributed by atoms with Crippen LogP contribution in [0.5, 0.6) is 5.75 Å². The molecule has 2 N–H and O–H groups in total. The van der Waals surface area contributed by atoms with Gasteiger partial charge in [-0.05, 0) is 50.6 Å². The average molecular weight is 363 g/mol. The molecule has 1 atom stereocenters. The second-order valence-corrected chi connectivity index (χ2v) is 6.80. The molecule has 1 aliphatic heterocycles. The molecule has 1 fully saturated rings. The third-order valence-corrected chi connectivity index (χ3v) is 4.79. The van der Waals surface area contributed by atoms with E-state index >= 15 is 0 Å². The molecule has 1 aromatic rings. The van der Waals surface area contributed by atoms with Crippen LogP contribution in [0.1, 0.15) is 24.8 Å². The van der Waals surface area contributed by atoms with E-state index in [4.69, 9.17) is 9.84 Å². The van der Waals surface area contributed by atoms with Crippen LogP contribution in [0.25, 0.3) is 0 Å². The maximum atomic E-state index is 12.2. The summed E-state index contributed by atoms with van der Waals surface area (Å²) in [5.41, 5.74) is 1.00. The van der Waals surface area contributed by atoms with Gasteiger partial charge in [0.15, 0.2) is 0 Å². The highest BCUT2D eigenvalue weighted by Gasteiger charge is 2.22. The van der Waals surface area contributed by atoms with Crippen LogP contribution in [0.3, 0.4) is 0 Å². The topological polar surface area (TPSA) is 82.1 Å². The number of benzene rings is 1. The Morgan fingerprint density at radius 3 is 2.88 bits per heavy atom. The van der Waals surface area contributed by atoms with Gasteiger partial charge in [-0.2, -0.15) is 0 Å². The maximum Gasteiger partial charge on any atom is 0.317 e. The van der Waals surface area contributed by atoms with Crippen molar-refractivity contribution in [3.63, 3.8) is 0 Å². The number of ether oxygens (including phenoxy) is 1. The van der Waals surface area contributed by atoms with Crippen molar-refractivity contribution < 1.29 is 19.4 Å². The molecule has 1 aliphatic rings. The van der Waals surface area contributed by atoms with E-state index in [1.54, 1.807) is 7.11 Å². The molecule has 1 aromatic carbocycles. The highest BCUT2D eigenvalue weighted by Crippen LogP contribution is 2.16. The largest absolute Gasteiger partial charge is 0.497 e. The van der Waals surface area contributed by atoms with Gasteiger partial charge in [0.1, 0.15) is 5.75 Å². The Hall–Kier alpha value is -2.12. The average Bonchev–Trinajstić information content (AvgIpc) is 2.85. The van der Waals surface area contributed by atoms with E-state index in [0.717, 1.165) is 43.7 Å². The van der Waals surface area contributed by atoms with Gasteiger partial charge in [-0.25, -0.2) is 0 Å². The van der Waals surface area contributed by atoms with Crippen LogP contribution in [-0.4, -0.2) is 73.2 Å². The fourth-order valence-corrected chi connectivity index (χ4v) is 3.32. The molecule has 2 rings (SSSR count). The summed E-state index contributed by atoms with van der Waals surface area (Å²) < 4.78 is 5.19. The Morgan fingerprint density at radius 1 is 1.35 bits per heavy atom. The lowest BCUT2D eigenvalue weighted by atomic mass is 10.1. The van der Waals surface area contributed by atoms with Crippen molar-refractivity contribution in [1.82, 2.24) is 15.1 Å². The summed E-state index contributed by atoms with van der Waals surface area (Å²) >= 11 is 0. The minimum absolute atomic E-state index is 0.00478. The predicted molar refractivity (Wildman–Crippen MR) is 99.2 cm³/mol. The number of carbonyl (C=O) groups excluding carboxylic acids is 1. The number of nitrogens with one attached hydrogen (secondary N) is 1. The summed E-state index contributed by atoms with van der Waals surface area (Å²) in [5, 5.41) is 11.9. The molecular weight excluding hydrogens is 334 g/mol. The Balaban J connectivity index is 1.75. The first-order valence-electron chi connectivity index (χ1n) is 9.02. The number of amides is 1. The van der Waals surface area contributed by atoms with E-state index < -0.39 is 5.97 Å². The number of likely N-dealkylation sites (tertiary alicyclic amines) is 1. The van der Waals surface area contributed by atoms with E-state index in [1.165, 1.54) is 0 Å². The Morgan fingerprint density at radius 2 is 2.15 bits per heavy atom. The summed E-state index contributed by atoms with van der Waals surface area (Å²) in [4.78, 5) is 27.2. The molecule has 144 valence electrons. The molecule has 0 aliphatic carbocycles. The molecule has 1 saturated heterocycles. The summed E-state index contributed by atoms with van der Waals surface area (Å²) in [5.74, 6) is -0.0172. The molecule has 7 heteroatoms. The number of carboxylic acid groups (broad SMARTS) is 1. The third-order valence-electron chi connectivity index (χ3n) is 4.79. The van der Waals surface area contributed by atoms with Gasteiger partial charge in [0.2, 0.25) is 5.91 Å². The van der Waals surface area contributed by atoms with Gasteiger partial charge in [0, 0.05) is 19.1 Å². The summed E-state index contributed by atoms with van der Waals surface area (Å²) in [6, 6.07) is 7.91. The van der Waals surface area contributed by atoms with Crippen LogP contribution >= 0.6 is 0 Å². The zero-order valence-electron chi connectivity index (χ0n) is 15.6. The number of hydrogen-bond acceptors (Lipinski definition) is 5. The number of hydrogen-bond donors (Lipinski definition) is 2. The SMILES string of the molecule is COc1cccc(CNC(=O)CN2CCCC(N(C)CC(=O)O)CC2)c1. The minimum Gasteiger partial charge on any atom is -0.497 e. The van der Waals surface area contributed by atoms with Crippen LogP contribution in [0.2, 0.25) is 0 Å². The number of aliphatic carboxylic acids is 1. The van der Waals surface area contributed by atoms with Gasteiger partial charge in [-0.15, -0.1) is 0 Å². The standard InChI is InChI=1S/C19H29N3O4/c1-21(14-19(24)25)16-6-4-9-22(10-8-16)13-18(23)20-12-15-5-3-7-17(11-15)26-2/h3,5,7,11,16H,4,6,8-10,12-14H2,1-2H3,(H,20,23)(H,24,25). The molecule has 7 nitrogen and oxygen atoms in total. The van der Waals surface area contributed by atoms with Crippen molar-refractivity contribution in [2.24, 2.45) is 0 Å². The number of carbonyl (C=O) groups is 2. The van der Waals surface area contributed by atoms with Crippen LogP contribution in [-0.2, 0) is 16.1 Å². The molecule has 1 heterocycles. The van der Waals surface area contributed by atoms with Crippen LogP contribution < -0.4 is 10.1 Å². The fraction of sp³-hybridized carbons (Fsp3) is 0.579. The lowest BCUT2D eigenvalue weighted by molar-refractivity contribution is -0.138. The Labute approximate surface area is 154 Å². The van der Waals surface area contributed by atoms with Gasteiger partial charge < -0.3 is 15.2 Å². The predicted octanol–water partition coefficient (Wildman–Crippen LogP) is 1.18. The van der Waals surface area contributed by atoms with Gasteiger partial charge in [0.25, 0.3) is 0 Å². The quantitative estimate of drug-likeness (QED) is 0.722. The molecule has 26 heavy (non-hydrogen) atoms. The molecule has 0 spiro atoms. The van der Waals surface area contributed by atoms with Crippen molar-refractivity contribution in [3.8, 4) is 5.75 Å². The van der Waals surface area contributed by atoms with Crippen LogP contribution in [0.15, 0.2) is 24.3 Å². The second-order valence-electron chi connectivity index (χ2n) is 6.80. The number of methoxy groups -OCH3 is 1. The summed E-state index contributed by atoms with van der Waals surface area (Å²) in [6.07, 6.45) is 2.82. The second kappa shape index (κ2) is 10.1. The Kier molecular flexibility index (Phi) is 7.87. The molecule has 0 saturated carbocycles. The van der Waals surface area contributed by atoms with Crippen molar-refractivity contribution in [2.45, 2.75) is 31.8 Å². The number of rotatable bonds is 8. The Bertz CT molecular complexity index is 608. The van der Waals surface area contributed by atoms with Crippen LogP contribution in [0.4, 0.5) is 0 Å². The lowest BCUT2D eigenvalue weighted by Gasteiger charge is -2.25. The van der Waals surface area contributed by atoms with E-state index in [-0.39, 0.29) is 18.5 Å². The summed E-state index contributed by atoms with van der Waals surface area (Å²) in [6.45, 7) is 2.59. The van der Waals surface area contributed by atoms with Gasteiger partial charge in [0.05, 0.1) is 20.2 Å². The van der Waals surface area contributed by atoms with Crippen molar-refractivity contribution in [2.75, 3.05) is 40.3 Å². The molecule has 0 radical (unpaired) electrons. The highest BCUT2D eigenvalue weighted by molar-refractivity contribution is 5.78. The molecule has 1 unspecified atom stereocenters. The smallest absolute Gasteiger partial charge is 0.317 e. The van der Waals surface area contributed by atoms with E-state index in [2.05, 4.69) is 10.2 Å². The van der Waals surface area contributed by atoms with Crippen LogP contribution in [0, 0.1) is 0 Å². The molecule has 1 amide bonds. The third kappa shape index (κ3) is 6.65. The first kappa shape index (κ1) is 20.2. The first-order valence-corrected chi connectivity index (χ1v) is 9.02. The van der Waals surface area contributed by atoms with Gasteiger partial charge in [-0.3, -0.25) is 19.4 Å². The normalized spacial score (nSPS) is 18.3. The van der Waals surface area contributed by atoms with E-state index in [9.17, 15) is 9.59 Å². The fourth-order valence-electron chi connectivity index (χ4n) is 3.32. The maximum absolute atomic E-state index is 12.2. The highest BCUT2D eigenvalue weighted by atomic mass is 16.5. The molecular formula is C19H29N3O4. The van der Waals surface area contributed by atoms with E-state index in [0.29, 0.717) is 13.1 Å². The minimum atomic E-state index is -0.800. The first-order chi connectivity index (χ1) is 12.5. The molecule has 0 bridgehead atoms.